The molecule has 0 aromatic heterocycles. The van der Waals surface area contributed by atoms with Gasteiger partial charge in [-0.1, -0.05) is 32.9 Å². The van der Waals surface area contributed by atoms with Crippen molar-refractivity contribution in [3.63, 3.8) is 0 Å². The fourth-order valence-corrected chi connectivity index (χ4v) is 2.90. The lowest BCUT2D eigenvalue weighted by atomic mass is 9.87. The van der Waals surface area contributed by atoms with Gasteiger partial charge >= 0.3 is 0 Å². The highest BCUT2D eigenvalue weighted by molar-refractivity contribution is 5.48. The number of fused-ring (bicyclic) bond motifs is 1. The van der Waals surface area contributed by atoms with Gasteiger partial charge in [-0.2, -0.15) is 0 Å². The van der Waals surface area contributed by atoms with Gasteiger partial charge in [0.25, 0.3) is 0 Å². The average Bonchev–Trinajstić information content (AvgIpc) is 2.82. The third kappa shape index (κ3) is 2.49. The Kier molecular flexibility index (Phi) is 3.27. The molecule has 3 heteroatoms. The Labute approximate surface area is 115 Å². The Morgan fingerprint density at radius 2 is 1.84 bits per heavy atom. The summed E-state index contributed by atoms with van der Waals surface area (Å²) in [5.74, 6) is 0.524. The predicted octanol–water partition coefficient (Wildman–Crippen LogP) is 3.14. The highest BCUT2D eigenvalue weighted by Crippen LogP contribution is 2.33. The van der Waals surface area contributed by atoms with E-state index in [2.05, 4.69) is 50.1 Å². The van der Waals surface area contributed by atoms with Crippen LogP contribution >= 0.6 is 0 Å². The molecular formula is C16H23NO2. The maximum absolute atomic E-state index is 5.86. The van der Waals surface area contributed by atoms with E-state index in [0.29, 0.717) is 12.0 Å². The quantitative estimate of drug-likeness (QED) is 0.775. The van der Waals surface area contributed by atoms with E-state index < -0.39 is 0 Å². The highest BCUT2D eigenvalue weighted by atomic mass is 16.7. The molecule has 0 amide bonds. The van der Waals surface area contributed by atoms with Crippen LogP contribution in [0.3, 0.4) is 0 Å². The van der Waals surface area contributed by atoms with E-state index in [4.69, 9.17) is 9.57 Å². The second kappa shape index (κ2) is 4.80. The lowest BCUT2D eigenvalue weighted by Gasteiger charge is -2.30. The monoisotopic (exact) mass is 261 g/mol. The molecule has 2 aliphatic heterocycles. The molecule has 0 N–H and O–H groups in total. The Morgan fingerprint density at radius 3 is 2.53 bits per heavy atom. The van der Waals surface area contributed by atoms with Crippen LogP contribution in [0.15, 0.2) is 24.3 Å². The number of anilines is 1. The highest BCUT2D eigenvalue weighted by Gasteiger charge is 2.38. The second-order valence-corrected chi connectivity index (χ2v) is 6.61. The van der Waals surface area contributed by atoms with Gasteiger partial charge in [0.2, 0.25) is 0 Å². The van der Waals surface area contributed by atoms with Gasteiger partial charge in [-0.15, -0.1) is 0 Å². The summed E-state index contributed by atoms with van der Waals surface area (Å²) in [4.78, 5) is 5.86. The van der Waals surface area contributed by atoms with Gasteiger partial charge in [0.15, 0.2) is 0 Å². The van der Waals surface area contributed by atoms with Gasteiger partial charge in [-0.3, -0.25) is 9.90 Å². The SMILES string of the molecule is CC(C)(C)c1ccc(N2OC[C@H]3COCC[C@H]32)cc1. The first-order chi connectivity index (χ1) is 9.05. The van der Waals surface area contributed by atoms with Crippen molar-refractivity contribution in [2.45, 2.75) is 38.6 Å². The molecule has 2 aliphatic rings. The van der Waals surface area contributed by atoms with Crippen molar-refractivity contribution in [3.8, 4) is 0 Å². The second-order valence-electron chi connectivity index (χ2n) is 6.61. The van der Waals surface area contributed by atoms with E-state index >= 15 is 0 Å². The molecule has 0 radical (unpaired) electrons. The summed E-state index contributed by atoms with van der Waals surface area (Å²) in [6, 6.07) is 9.27. The van der Waals surface area contributed by atoms with E-state index in [1.165, 1.54) is 11.3 Å². The normalized spacial score (nSPS) is 27.4. The maximum atomic E-state index is 5.86. The molecule has 2 heterocycles. The molecule has 1 aromatic carbocycles. The molecule has 0 bridgehead atoms. The maximum Gasteiger partial charge on any atom is 0.0819 e. The van der Waals surface area contributed by atoms with Crippen molar-refractivity contribution in [1.29, 1.82) is 0 Å². The number of nitrogens with zero attached hydrogens (tertiary/aromatic N) is 1. The molecule has 19 heavy (non-hydrogen) atoms. The van der Waals surface area contributed by atoms with E-state index in [9.17, 15) is 0 Å². The molecule has 2 atom stereocenters. The fourth-order valence-electron chi connectivity index (χ4n) is 2.90. The number of benzene rings is 1. The van der Waals surface area contributed by atoms with Crippen molar-refractivity contribution >= 4 is 5.69 Å². The zero-order valence-corrected chi connectivity index (χ0v) is 12.1. The average molecular weight is 261 g/mol. The van der Waals surface area contributed by atoms with E-state index in [-0.39, 0.29) is 5.41 Å². The number of hydroxylamine groups is 1. The molecular weight excluding hydrogens is 238 g/mol. The number of rotatable bonds is 1. The number of hydrogen-bond acceptors (Lipinski definition) is 3. The number of ether oxygens (including phenoxy) is 1. The summed E-state index contributed by atoms with van der Waals surface area (Å²) in [5, 5.41) is 2.10. The molecule has 3 nitrogen and oxygen atoms in total. The molecule has 0 aliphatic carbocycles. The first-order valence-electron chi connectivity index (χ1n) is 7.16. The fraction of sp³-hybridized carbons (Fsp3) is 0.625. The topological polar surface area (TPSA) is 21.7 Å². The van der Waals surface area contributed by atoms with Crippen LogP contribution in [-0.4, -0.2) is 25.9 Å². The summed E-state index contributed by atoms with van der Waals surface area (Å²) in [7, 11) is 0. The number of hydrogen-bond donors (Lipinski definition) is 0. The largest absolute Gasteiger partial charge is 0.381 e. The van der Waals surface area contributed by atoms with Crippen LogP contribution in [0.25, 0.3) is 0 Å². The Hall–Kier alpha value is -1.06. The van der Waals surface area contributed by atoms with Crippen molar-refractivity contribution in [1.82, 2.24) is 0 Å². The molecule has 0 spiro atoms. The Morgan fingerprint density at radius 1 is 1.11 bits per heavy atom. The van der Waals surface area contributed by atoms with Crippen LogP contribution in [0, 0.1) is 5.92 Å². The lowest BCUT2D eigenvalue weighted by Crippen LogP contribution is -2.38. The van der Waals surface area contributed by atoms with Crippen LogP contribution in [0.1, 0.15) is 32.8 Å². The summed E-state index contributed by atoms with van der Waals surface area (Å²) in [5.41, 5.74) is 2.73. The predicted molar refractivity (Wildman–Crippen MR) is 76.3 cm³/mol. The first kappa shape index (κ1) is 12.9. The van der Waals surface area contributed by atoms with Crippen LogP contribution in [-0.2, 0) is 15.0 Å². The van der Waals surface area contributed by atoms with E-state index in [1.54, 1.807) is 0 Å². The molecule has 2 saturated heterocycles. The molecule has 104 valence electrons. The third-order valence-corrected chi connectivity index (χ3v) is 4.15. The van der Waals surface area contributed by atoms with E-state index in [0.717, 1.165) is 26.2 Å². The molecule has 1 aromatic rings. The van der Waals surface area contributed by atoms with E-state index in [1.807, 2.05) is 0 Å². The lowest BCUT2D eigenvalue weighted by molar-refractivity contribution is 0.0540. The van der Waals surface area contributed by atoms with Crippen molar-refractivity contribution in [3.05, 3.63) is 29.8 Å². The zero-order valence-electron chi connectivity index (χ0n) is 12.1. The minimum absolute atomic E-state index is 0.200. The third-order valence-electron chi connectivity index (χ3n) is 4.15. The Bertz CT molecular complexity index is 435. The Balaban J connectivity index is 1.79. The molecule has 0 saturated carbocycles. The zero-order chi connectivity index (χ0) is 13.5. The molecule has 3 rings (SSSR count). The minimum Gasteiger partial charge on any atom is -0.381 e. The van der Waals surface area contributed by atoms with Crippen LogP contribution in [0.5, 0.6) is 0 Å². The van der Waals surface area contributed by atoms with Crippen molar-refractivity contribution in [2.24, 2.45) is 5.92 Å². The van der Waals surface area contributed by atoms with Gasteiger partial charge in [0.1, 0.15) is 0 Å². The molecule has 2 fully saturated rings. The van der Waals surface area contributed by atoms with Gasteiger partial charge in [-0.05, 0) is 29.5 Å². The summed E-state index contributed by atoms with van der Waals surface area (Å²) in [6.45, 7) is 9.18. The van der Waals surface area contributed by atoms with Gasteiger partial charge in [0, 0.05) is 12.5 Å². The van der Waals surface area contributed by atoms with Crippen molar-refractivity contribution < 1.29 is 9.57 Å². The summed E-state index contributed by atoms with van der Waals surface area (Å²) >= 11 is 0. The smallest absolute Gasteiger partial charge is 0.0819 e. The van der Waals surface area contributed by atoms with Gasteiger partial charge in [-0.25, -0.2) is 0 Å². The first-order valence-corrected chi connectivity index (χ1v) is 7.16. The van der Waals surface area contributed by atoms with Crippen LogP contribution < -0.4 is 5.06 Å². The standard InChI is InChI=1S/C16H23NO2/c1-16(2,3)13-4-6-14(7-5-13)17-15-8-9-18-10-12(15)11-19-17/h4-7,12,15H,8-11H2,1-3H3/t12-,15-/m1/s1. The minimum atomic E-state index is 0.200. The summed E-state index contributed by atoms with van der Waals surface area (Å²) in [6.07, 6.45) is 1.06. The van der Waals surface area contributed by atoms with Crippen LogP contribution in [0.2, 0.25) is 0 Å². The molecule has 0 unspecified atom stereocenters. The van der Waals surface area contributed by atoms with Crippen molar-refractivity contribution in [2.75, 3.05) is 24.9 Å². The van der Waals surface area contributed by atoms with Gasteiger partial charge in [0.05, 0.1) is 24.9 Å². The summed E-state index contributed by atoms with van der Waals surface area (Å²) < 4.78 is 5.52. The van der Waals surface area contributed by atoms with Crippen LogP contribution in [0.4, 0.5) is 5.69 Å². The van der Waals surface area contributed by atoms with Gasteiger partial charge < -0.3 is 4.74 Å².